The van der Waals surface area contributed by atoms with Crippen molar-refractivity contribution >= 4 is 13.7 Å². The Labute approximate surface area is 288 Å². The number of nitrogens with zero attached hydrogens (tertiary/aromatic N) is 1. The molecule has 0 rings (SSSR count). The van der Waals surface area contributed by atoms with Crippen molar-refractivity contribution in [3.05, 3.63) is 60.8 Å². The lowest BCUT2D eigenvalue weighted by atomic mass is 10.1. The van der Waals surface area contributed by atoms with Gasteiger partial charge in [0.05, 0.1) is 39.9 Å². The van der Waals surface area contributed by atoms with Gasteiger partial charge in [-0.1, -0.05) is 113 Å². The molecule has 272 valence electrons. The summed E-state index contributed by atoms with van der Waals surface area (Å²) < 4.78 is 23.0. The lowest BCUT2D eigenvalue weighted by Gasteiger charge is -2.29. The topological polar surface area (TPSA) is 108 Å². The zero-order valence-electron chi connectivity index (χ0n) is 30.5. The smallest absolute Gasteiger partial charge is 0.268 e. The predicted octanol–water partition coefficient (Wildman–Crippen LogP) is 8.49. The van der Waals surface area contributed by atoms with E-state index in [0.717, 1.165) is 77.0 Å². The standard InChI is InChI=1S/C38H69N2O6P/c1-6-8-10-12-14-16-18-19-20-21-22-24-26-28-30-32-38(42)39-36(35-46-47(43,44)45-34-33-40(3,4)5)37(41)31-29-27-25-23-17-15-13-11-9-7-2/h8,10,14,16-17,19-20,23,29,31,36-37,41H,6-7,9,11-13,15,18,21-22,24-28,30,32-35H2,1-5H3,(H-,39,42,43,44)/b10-8-,16-14-,20-19-,23-17+,31-29+. The van der Waals surface area contributed by atoms with Crippen molar-refractivity contribution in [2.24, 2.45) is 0 Å². The molecule has 0 aromatic heterocycles. The number of nitrogens with one attached hydrogen (secondary N) is 1. The molecule has 0 bridgehead atoms. The molecule has 3 unspecified atom stereocenters. The van der Waals surface area contributed by atoms with Crippen molar-refractivity contribution in [3.63, 3.8) is 0 Å². The van der Waals surface area contributed by atoms with E-state index in [1.807, 2.05) is 27.2 Å². The van der Waals surface area contributed by atoms with Gasteiger partial charge in [-0.2, -0.15) is 0 Å². The van der Waals surface area contributed by atoms with Crippen molar-refractivity contribution in [1.29, 1.82) is 0 Å². The van der Waals surface area contributed by atoms with Gasteiger partial charge in [0.25, 0.3) is 7.82 Å². The first-order chi connectivity index (χ1) is 22.5. The minimum Gasteiger partial charge on any atom is -0.756 e. The van der Waals surface area contributed by atoms with Gasteiger partial charge in [-0.15, -0.1) is 0 Å². The quantitative estimate of drug-likeness (QED) is 0.0329. The normalized spacial score (nSPS) is 15.5. The number of carbonyl (C=O) groups excluding carboxylic acids is 1. The fraction of sp³-hybridized carbons (Fsp3) is 0.711. The predicted molar refractivity (Wildman–Crippen MR) is 196 cm³/mol. The zero-order chi connectivity index (χ0) is 35.1. The molecule has 0 radical (unpaired) electrons. The molecule has 0 spiro atoms. The Morgan fingerprint density at radius 3 is 1.98 bits per heavy atom. The largest absolute Gasteiger partial charge is 0.756 e. The van der Waals surface area contributed by atoms with Gasteiger partial charge in [0, 0.05) is 6.42 Å². The lowest BCUT2D eigenvalue weighted by Crippen LogP contribution is -2.45. The van der Waals surface area contributed by atoms with Gasteiger partial charge in [0.2, 0.25) is 5.91 Å². The second kappa shape index (κ2) is 30.3. The molecule has 0 aliphatic heterocycles. The number of phosphoric ester groups is 1. The van der Waals surface area contributed by atoms with E-state index >= 15 is 0 Å². The minimum absolute atomic E-state index is 0.0132. The highest BCUT2D eigenvalue weighted by Gasteiger charge is 2.23. The summed E-state index contributed by atoms with van der Waals surface area (Å²) in [6.45, 7) is 4.41. The summed E-state index contributed by atoms with van der Waals surface area (Å²) in [5.41, 5.74) is 0. The van der Waals surface area contributed by atoms with Crippen molar-refractivity contribution in [2.45, 2.75) is 135 Å². The number of hydrogen-bond donors (Lipinski definition) is 2. The summed E-state index contributed by atoms with van der Waals surface area (Å²) in [6, 6.07) is -0.911. The fourth-order valence-electron chi connectivity index (χ4n) is 4.53. The van der Waals surface area contributed by atoms with Crippen molar-refractivity contribution in [1.82, 2.24) is 5.32 Å². The van der Waals surface area contributed by atoms with E-state index in [1.165, 1.54) is 25.7 Å². The molecule has 1 amide bonds. The molecule has 0 fully saturated rings. The van der Waals surface area contributed by atoms with Gasteiger partial charge in [0.1, 0.15) is 13.2 Å². The molecular formula is C38H69N2O6P. The van der Waals surface area contributed by atoms with Gasteiger partial charge in [0.15, 0.2) is 0 Å². The molecule has 0 aliphatic rings. The Balaban J connectivity index is 4.62. The number of rotatable bonds is 31. The molecule has 8 nitrogen and oxygen atoms in total. The molecule has 2 N–H and O–H groups in total. The van der Waals surface area contributed by atoms with Crippen LogP contribution in [0.2, 0.25) is 0 Å². The van der Waals surface area contributed by atoms with Crippen molar-refractivity contribution in [3.8, 4) is 0 Å². The molecule has 0 saturated carbocycles. The van der Waals surface area contributed by atoms with E-state index in [4.69, 9.17) is 9.05 Å². The number of hydrogen-bond acceptors (Lipinski definition) is 6. The number of phosphoric acid groups is 1. The van der Waals surface area contributed by atoms with Crippen LogP contribution >= 0.6 is 7.82 Å². The molecule has 0 aromatic rings. The molecule has 0 aromatic carbocycles. The van der Waals surface area contributed by atoms with Crippen LogP contribution in [0.5, 0.6) is 0 Å². The first kappa shape index (κ1) is 45.2. The molecule has 3 atom stereocenters. The third kappa shape index (κ3) is 32.5. The second-order valence-electron chi connectivity index (χ2n) is 13.2. The maximum atomic E-state index is 12.7. The highest BCUT2D eigenvalue weighted by Crippen LogP contribution is 2.38. The van der Waals surface area contributed by atoms with Crippen LogP contribution in [-0.2, 0) is 18.4 Å². The van der Waals surface area contributed by atoms with Crippen LogP contribution in [-0.4, -0.2) is 68.5 Å². The Hall–Kier alpha value is -1.80. The van der Waals surface area contributed by atoms with E-state index < -0.39 is 26.6 Å². The zero-order valence-corrected chi connectivity index (χ0v) is 31.3. The Morgan fingerprint density at radius 2 is 1.32 bits per heavy atom. The first-order valence-electron chi connectivity index (χ1n) is 18.2. The van der Waals surface area contributed by atoms with Crippen LogP contribution in [0.15, 0.2) is 60.8 Å². The first-order valence-corrected chi connectivity index (χ1v) is 19.6. The van der Waals surface area contributed by atoms with Gasteiger partial charge in [-0.05, 0) is 64.2 Å². The Morgan fingerprint density at radius 1 is 0.766 bits per heavy atom. The van der Waals surface area contributed by atoms with Crippen LogP contribution in [0.1, 0.15) is 123 Å². The number of allylic oxidation sites excluding steroid dienone is 9. The maximum Gasteiger partial charge on any atom is 0.268 e. The van der Waals surface area contributed by atoms with E-state index in [0.29, 0.717) is 17.4 Å². The number of amides is 1. The number of likely N-dealkylation sites (N-methyl/N-ethyl adjacent to an activating group) is 1. The average Bonchev–Trinajstić information content (AvgIpc) is 3.01. The van der Waals surface area contributed by atoms with E-state index in [-0.39, 0.29) is 12.5 Å². The summed E-state index contributed by atoms with van der Waals surface area (Å²) in [6.07, 6.45) is 37.0. The number of carbonyl (C=O) groups is 1. The van der Waals surface area contributed by atoms with Gasteiger partial charge >= 0.3 is 0 Å². The summed E-state index contributed by atoms with van der Waals surface area (Å²) in [4.78, 5) is 25.1. The fourth-order valence-corrected chi connectivity index (χ4v) is 5.25. The molecular weight excluding hydrogens is 611 g/mol. The highest BCUT2D eigenvalue weighted by molar-refractivity contribution is 7.45. The van der Waals surface area contributed by atoms with Crippen LogP contribution < -0.4 is 10.2 Å². The average molecular weight is 681 g/mol. The number of aliphatic hydroxyl groups is 1. The van der Waals surface area contributed by atoms with Gasteiger partial charge in [-0.25, -0.2) is 0 Å². The number of aliphatic hydroxyl groups excluding tert-OH is 1. The minimum atomic E-state index is -4.59. The maximum absolute atomic E-state index is 12.7. The van der Waals surface area contributed by atoms with Crippen molar-refractivity contribution in [2.75, 3.05) is 40.9 Å². The van der Waals surface area contributed by atoms with Crippen molar-refractivity contribution < 1.29 is 32.9 Å². The number of quaternary nitrogens is 1. The molecule has 47 heavy (non-hydrogen) atoms. The summed E-state index contributed by atoms with van der Waals surface area (Å²) in [7, 11) is 1.21. The monoisotopic (exact) mass is 680 g/mol. The number of unbranched alkanes of at least 4 members (excludes halogenated alkanes) is 10. The Kier molecular flexibility index (Phi) is 29.1. The summed E-state index contributed by atoms with van der Waals surface area (Å²) in [5.74, 6) is -0.232. The molecule has 9 heteroatoms. The van der Waals surface area contributed by atoms with Crippen LogP contribution in [0.3, 0.4) is 0 Å². The van der Waals surface area contributed by atoms with Gasteiger partial charge in [-0.3, -0.25) is 9.36 Å². The van der Waals surface area contributed by atoms with E-state index in [1.54, 1.807) is 6.08 Å². The summed E-state index contributed by atoms with van der Waals surface area (Å²) >= 11 is 0. The Bertz CT molecular complexity index is 954. The second-order valence-corrected chi connectivity index (χ2v) is 14.6. The van der Waals surface area contributed by atoms with Crippen LogP contribution in [0.4, 0.5) is 0 Å². The van der Waals surface area contributed by atoms with Crippen LogP contribution in [0, 0.1) is 0 Å². The molecule has 0 heterocycles. The van der Waals surface area contributed by atoms with E-state index in [2.05, 4.69) is 67.8 Å². The molecule has 0 saturated heterocycles. The summed E-state index contributed by atoms with van der Waals surface area (Å²) in [5, 5.41) is 13.6. The third-order valence-corrected chi connectivity index (χ3v) is 8.43. The SMILES string of the molecule is CC/C=C\C/C=C\C/C=C\CCCCCCCC(=O)NC(COP(=O)([O-])OCC[N+](C)(C)C)C(O)/C=C/CC/C=C/CCCCCC. The highest BCUT2D eigenvalue weighted by atomic mass is 31.2. The van der Waals surface area contributed by atoms with E-state index in [9.17, 15) is 19.4 Å². The third-order valence-electron chi connectivity index (χ3n) is 7.46. The van der Waals surface area contributed by atoms with Gasteiger partial charge < -0.3 is 28.8 Å². The van der Waals surface area contributed by atoms with Crippen LogP contribution in [0.25, 0.3) is 0 Å². The molecule has 0 aliphatic carbocycles. The lowest BCUT2D eigenvalue weighted by molar-refractivity contribution is -0.870.